The number of nitrogens with two attached hydrogens (primary N) is 1. The number of thiazole rings is 1. The van der Waals surface area contributed by atoms with E-state index in [-0.39, 0.29) is 11.9 Å². The Kier molecular flexibility index (Phi) is 4.50. The Morgan fingerprint density at radius 2 is 2.26 bits per heavy atom. The molecule has 19 heavy (non-hydrogen) atoms. The maximum Gasteiger partial charge on any atom is 0.136 e. The lowest BCUT2D eigenvalue weighted by Gasteiger charge is -2.07. The molecule has 0 radical (unpaired) electrons. The molecule has 1 unspecified atom stereocenters. The van der Waals surface area contributed by atoms with E-state index in [0.29, 0.717) is 17.0 Å². The molecule has 0 amide bonds. The summed E-state index contributed by atoms with van der Waals surface area (Å²) in [4.78, 5) is 4.46. The van der Waals surface area contributed by atoms with Gasteiger partial charge >= 0.3 is 0 Å². The Labute approximate surface area is 116 Å². The van der Waals surface area contributed by atoms with Gasteiger partial charge in [0.2, 0.25) is 0 Å². The van der Waals surface area contributed by atoms with Crippen LogP contribution < -0.4 is 10.5 Å². The van der Waals surface area contributed by atoms with E-state index in [2.05, 4.69) is 4.98 Å². The summed E-state index contributed by atoms with van der Waals surface area (Å²) < 4.78 is 19.1. The molecule has 0 aliphatic carbocycles. The quantitative estimate of drug-likeness (QED) is 0.914. The predicted molar refractivity (Wildman–Crippen MR) is 76.0 cm³/mol. The Hall–Kier alpha value is -1.46. The van der Waals surface area contributed by atoms with E-state index >= 15 is 0 Å². The number of hydrogen-bond donors (Lipinski definition) is 1. The van der Waals surface area contributed by atoms with Crippen molar-refractivity contribution < 1.29 is 9.13 Å². The minimum Gasteiger partial charge on any atom is -0.496 e. The van der Waals surface area contributed by atoms with Gasteiger partial charge in [-0.05, 0) is 18.6 Å². The summed E-state index contributed by atoms with van der Waals surface area (Å²) in [6.07, 6.45) is 1.62. The van der Waals surface area contributed by atoms with Gasteiger partial charge in [0.25, 0.3) is 0 Å². The van der Waals surface area contributed by atoms with Crippen LogP contribution in [0.2, 0.25) is 0 Å². The normalized spacial score (nSPS) is 12.4. The predicted octanol–water partition coefficient (Wildman–Crippen LogP) is 3.24. The standard InChI is InChI=1S/C14H17FN2OS/c1-3-9(16)7-13-17-11(8-19-13)14-10(15)5-4-6-12(14)18-2/h4-6,8-9H,3,7,16H2,1-2H3. The van der Waals surface area contributed by atoms with E-state index in [9.17, 15) is 4.39 Å². The Morgan fingerprint density at radius 1 is 1.47 bits per heavy atom. The van der Waals surface area contributed by atoms with Gasteiger partial charge in [-0.2, -0.15) is 0 Å². The van der Waals surface area contributed by atoms with Crippen molar-refractivity contribution in [3.63, 3.8) is 0 Å². The molecule has 2 rings (SSSR count). The first kappa shape index (κ1) is 14.0. The fourth-order valence-corrected chi connectivity index (χ4v) is 2.69. The Bertz CT molecular complexity index is 556. The monoisotopic (exact) mass is 280 g/mol. The Morgan fingerprint density at radius 3 is 2.95 bits per heavy atom. The number of benzene rings is 1. The lowest BCUT2D eigenvalue weighted by Crippen LogP contribution is -2.21. The highest BCUT2D eigenvalue weighted by Gasteiger charge is 2.15. The van der Waals surface area contributed by atoms with E-state index in [0.717, 1.165) is 17.8 Å². The molecule has 102 valence electrons. The van der Waals surface area contributed by atoms with Crippen molar-refractivity contribution in [2.45, 2.75) is 25.8 Å². The zero-order chi connectivity index (χ0) is 13.8. The largest absolute Gasteiger partial charge is 0.496 e. The average molecular weight is 280 g/mol. The van der Waals surface area contributed by atoms with E-state index in [1.165, 1.54) is 24.5 Å². The molecule has 0 spiro atoms. The lowest BCUT2D eigenvalue weighted by molar-refractivity contribution is 0.413. The third-order valence-electron chi connectivity index (χ3n) is 2.96. The van der Waals surface area contributed by atoms with Crippen molar-refractivity contribution in [1.82, 2.24) is 4.98 Å². The third kappa shape index (κ3) is 3.11. The van der Waals surface area contributed by atoms with Gasteiger partial charge < -0.3 is 10.5 Å². The molecule has 1 atom stereocenters. The van der Waals surface area contributed by atoms with Crippen LogP contribution in [-0.2, 0) is 6.42 Å². The smallest absolute Gasteiger partial charge is 0.136 e. The molecular formula is C14H17FN2OS. The second-order valence-corrected chi connectivity index (χ2v) is 5.26. The fraction of sp³-hybridized carbons (Fsp3) is 0.357. The SMILES string of the molecule is CCC(N)Cc1nc(-c2c(F)cccc2OC)cs1. The van der Waals surface area contributed by atoms with E-state index in [1.807, 2.05) is 12.3 Å². The van der Waals surface area contributed by atoms with Crippen LogP contribution in [0.3, 0.4) is 0 Å². The first-order chi connectivity index (χ1) is 9.15. The van der Waals surface area contributed by atoms with Gasteiger partial charge in [0.1, 0.15) is 11.6 Å². The van der Waals surface area contributed by atoms with Crippen LogP contribution in [0.25, 0.3) is 11.3 Å². The number of ether oxygens (including phenoxy) is 1. The second kappa shape index (κ2) is 6.12. The second-order valence-electron chi connectivity index (χ2n) is 4.32. The van der Waals surface area contributed by atoms with Gasteiger partial charge in [0.15, 0.2) is 0 Å². The molecule has 2 aromatic rings. The van der Waals surface area contributed by atoms with Gasteiger partial charge in [-0.15, -0.1) is 11.3 Å². The summed E-state index contributed by atoms with van der Waals surface area (Å²) in [5, 5.41) is 2.77. The first-order valence-electron chi connectivity index (χ1n) is 6.18. The van der Waals surface area contributed by atoms with Crippen LogP contribution >= 0.6 is 11.3 Å². The molecule has 0 bridgehead atoms. The zero-order valence-electron chi connectivity index (χ0n) is 11.0. The van der Waals surface area contributed by atoms with Gasteiger partial charge in [-0.25, -0.2) is 9.37 Å². The van der Waals surface area contributed by atoms with Crippen molar-refractivity contribution in [1.29, 1.82) is 0 Å². The highest BCUT2D eigenvalue weighted by atomic mass is 32.1. The highest BCUT2D eigenvalue weighted by molar-refractivity contribution is 7.09. The summed E-state index contributed by atoms with van der Waals surface area (Å²) in [6.45, 7) is 2.04. The maximum absolute atomic E-state index is 13.9. The molecule has 1 aromatic carbocycles. The highest BCUT2D eigenvalue weighted by Crippen LogP contribution is 2.33. The minimum absolute atomic E-state index is 0.0986. The number of halogens is 1. The number of aromatic nitrogens is 1. The van der Waals surface area contributed by atoms with Crippen LogP contribution in [0.15, 0.2) is 23.6 Å². The molecule has 0 saturated heterocycles. The number of nitrogens with zero attached hydrogens (tertiary/aromatic N) is 1. The lowest BCUT2D eigenvalue weighted by atomic mass is 10.1. The van der Waals surface area contributed by atoms with E-state index in [1.54, 1.807) is 12.1 Å². The van der Waals surface area contributed by atoms with Crippen LogP contribution in [0, 0.1) is 5.82 Å². The molecule has 0 aliphatic heterocycles. The number of methoxy groups -OCH3 is 1. The van der Waals surface area contributed by atoms with Gasteiger partial charge in [-0.1, -0.05) is 13.0 Å². The minimum atomic E-state index is -0.323. The first-order valence-corrected chi connectivity index (χ1v) is 7.06. The summed E-state index contributed by atoms with van der Waals surface area (Å²) in [7, 11) is 1.53. The van der Waals surface area contributed by atoms with Crippen molar-refractivity contribution in [3.05, 3.63) is 34.4 Å². The summed E-state index contributed by atoms with van der Waals surface area (Å²) >= 11 is 1.50. The molecule has 5 heteroatoms. The topological polar surface area (TPSA) is 48.1 Å². The molecule has 0 fully saturated rings. The van der Waals surface area contributed by atoms with Crippen molar-refractivity contribution >= 4 is 11.3 Å². The van der Waals surface area contributed by atoms with Crippen molar-refractivity contribution in [3.8, 4) is 17.0 Å². The van der Waals surface area contributed by atoms with E-state index < -0.39 is 0 Å². The zero-order valence-corrected chi connectivity index (χ0v) is 11.8. The van der Waals surface area contributed by atoms with Gasteiger partial charge in [0.05, 0.1) is 23.4 Å². The summed E-state index contributed by atoms with van der Waals surface area (Å²) in [5.41, 5.74) is 6.93. The number of hydrogen-bond acceptors (Lipinski definition) is 4. The van der Waals surface area contributed by atoms with Gasteiger partial charge in [-0.3, -0.25) is 0 Å². The van der Waals surface area contributed by atoms with Crippen LogP contribution in [0.1, 0.15) is 18.4 Å². The van der Waals surface area contributed by atoms with Crippen molar-refractivity contribution in [2.24, 2.45) is 5.73 Å². The maximum atomic E-state index is 13.9. The number of rotatable bonds is 5. The molecular weight excluding hydrogens is 263 g/mol. The van der Waals surface area contributed by atoms with Crippen LogP contribution in [-0.4, -0.2) is 18.1 Å². The molecule has 3 nitrogen and oxygen atoms in total. The molecule has 1 aromatic heterocycles. The van der Waals surface area contributed by atoms with E-state index in [4.69, 9.17) is 10.5 Å². The van der Waals surface area contributed by atoms with Crippen LogP contribution in [0.5, 0.6) is 5.75 Å². The molecule has 0 saturated carbocycles. The fourth-order valence-electron chi connectivity index (χ4n) is 1.81. The summed E-state index contributed by atoms with van der Waals surface area (Å²) in [6, 6.07) is 4.86. The molecule has 2 N–H and O–H groups in total. The molecule has 0 aliphatic rings. The molecule has 1 heterocycles. The Balaban J connectivity index is 2.33. The van der Waals surface area contributed by atoms with Crippen LogP contribution in [0.4, 0.5) is 4.39 Å². The van der Waals surface area contributed by atoms with Gasteiger partial charge in [0, 0.05) is 17.8 Å². The summed E-state index contributed by atoms with van der Waals surface area (Å²) in [5.74, 6) is 0.174. The van der Waals surface area contributed by atoms with Crippen molar-refractivity contribution in [2.75, 3.05) is 7.11 Å². The third-order valence-corrected chi connectivity index (χ3v) is 3.84. The average Bonchev–Trinajstić information content (AvgIpc) is 2.86.